The minimum atomic E-state index is -4.43. The molecule has 0 amide bonds. The predicted octanol–water partition coefficient (Wildman–Crippen LogP) is 15.4. The van der Waals surface area contributed by atoms with Crippen LogP contribution in [0.3, 0.4) is 0 Å². The van der Waals surface area contributed by atoms with Crippen molar-refractivity contribution in [1.82, 2.24) is 44.9 Å². The first-order valence-electron chi connectivity index (χ1n) is 28.0. The smallest absolute Gasteiger partial charge is 0.416 e. The maximum atomic E-state index is 13.0. The Morgan fingerprint density at radius 3 is 0.885 bits per heavy atom. The summed E-state index contributed by atoms with van der Waals surface area (Å²) in [6, 6.07) is 44.1. The van der Waals surface area contributed by atoms with E-state index in [0.717, 1.165) is 74.8 Å². The zero-order valence-corrected chi connectivity index (χ0v) is 52.2. The maximum absolute atomic E-state index is 13.0. The third-order valence-electron chi connectivity index (χ3n) is 12.6. The molecule has 0 spiro atoms. The Labute approximate surface area is 508 Å². The number of halogens is 3. The highest BCUT2D eigenvalue weighted by atomic mass is 19.4. The van der Waals surface area contributed by atoms with E-state index in [-0.39, 0.29) is 27.9 Å². The fraction of sp³-hybridized carbons (Fsp3) is 0.308. The summed E-state index contributed by atoms with van der Waals surface area (Å²) >= 11 is 0. The van der Waals surface area contributed by atoms with Crippen molar-refractivity contribution >= 4 is 81.2 Å². The first-order valence-corrected chi connectivity index (χ1v) is 28.0. The number of nitrogens with zero attached hydrogens (tertiary/aromatic N) is 11. The van der Waals surface area contributed by atoms with E-state index in [1.165, 1.54) is 12.1 Å². The molecule has 0 unspecified atom stereocenters. The molecule has 0 aliphatic heterocycles. The van der Waals surface area contributed by atoms with Crippen LogP contribution in [0.4, 0.5) is 94.4 Å². The van der Waals surface area contributed by atoms with E-state index in [0.29, 0.717) is 41.4 Å². The second-order valence-electron chi connectivity index (χ2n) is 23.7. The molecule has 0 aliphatic rings. The summed E-state index contributed by atoms with van der Waals surface area (Å²) in [6.07, 6.45) is -4.43. The fourth-order valence-corrected chi connectivity index (χ4v) is 7.77. The number of methoxy groups -OCH3 is 2. The lowest BCUT2D eigenvalue weighted by atomic mass is 9.96. The first-order chi connectivity index (χ1) is 41.0. The van der Waals surface area contributed by atoms with Gasteiger partial charge in [0.2, 0.25) is 35.7 Å². The third-order valence-corrected chi connectivity index (χ3v) is 12.6. The molecule has 87 heavy (non-hydrogen) atoms. The number of hydrogen-bond acceptors (Lipinski definition) is 19. The molecule has 6 aromatic carbocycles. The largest absolute Gasteiger partial charge is 0.497 e. The lowest BCUT2D eigenvalue weighted by Gasteiger charge is -2.19. The van der Waals surface area contributed by atoms with Gasteiger partial charge in [0.15, 0.2) is 0 Å². The normalized spacial score (nSPS) is 11.4. The van der Waals surface area contributed by atoms with Crippen LogP contribution in [0.15, 0.2) is 146 Å². The Balaban J connectivity index is 0.000000187. The average Bonchev–Trinajstić information content (AvgIpc) is 3.19. The van der Waals surface area contributed by atoms with Crippen molar-refractivity contribution in [1.29, 1.82) is 0 Å². The second-order valence-corrected chi connectivity index (χ2v) is 23.7. The van der Waals surface area contributed by atoms with Crippen molar-refractivity contribution in [3.05, 3.63) is 174 Å². The van der Waals surface area contributed by atoms with Crippen molar-refractivity contribution in [3.63, 3.8) is 0 Å². The average molecular weight is 1190 g/mol. The highest BCUT2D eigenvalue weighted by Gasteiger charge is 2.31. The summed E-state index contributed by atoms with van der Waals surface area (Å²) in [5.41, 5.74) is 6.41. The summed E-state index contributed by atoms with van der Waals surface area (Å²) in [5.74, 6) is 5.95. The highest BCUT2D eigenvalue weighted by molar-refractivity contribution is 5.64. The van der Waals surface area contributed by atoms with Crippen LogP contribution in [-0.2, 0) is 22.4 Å². The van der Waals surface area contributed by atoms with Crippen molar-refractivity contribution in [3.8, 4) is 11.5 Å². The number of aromatic nitrogens is 9. The van der Waals surface area contributed by atoms with Crippen molar-refractivity contribution in [2.24, 2.45) is 0 Å². The predicted molar refractivity (Wildman–Crippen MR) is 345 cm³/mol. The molecular weight excluding hydrogens is 1110 g/mol. The number of aryl methyl sites for hydroxylation is 1. The number of ether oxygens (including phenoxy) is 2. The van der Waals surface area contributed by atoms with E-state index < -0.39 is 11.7 Å². The molecular formula is C65H78F3N17O2. The van der Waals surface area contributed by atoms with E-state index in [9.17, 15) is 13.2 Å². The van der Waals surface area contributed by atoms with E-state index in [4.69, 9.17) is 9.47 Å². The maximum Gasteiger partial charge on any atom is 0.416 e. The molecule has 0 radical (unpaired) electrons. The fourth-order valence-electron chi connectivity index (χ4n) is 7.77. The Hall–Kier alpha value is -9.86. The Morgan fingerprint density at radius 2 is 0.621 bits per heavy atom. The van der Waals surface area contributed by atoms with Gasteiger partial charge in [-0.3, -0.25) is 0 Å². The molecule has 3 heterocycles. The van der Waals surface area contributed by atoms with Gasteiger partial charge in [-0.25, -0.2) is 0 Å². The number of hydrogen-bond donors (Lipinski definition) is 6. The first kappa shape index (κ1) is 64.7. The van der Waals surface area contributed by atoms with Crippen LogP contribution in [0, 0.1) is 6.92 Å². The molecule has 6 N–H and O–H groups in total. The van der Waals surface area contributed by atoms with Crippen LogP contribution in [0.25, 0.3) is 0 Å². The van der Waals surface area contributed by atoms with Crippen molar-refractivity contribution in [2.45, 2.75) is 91.7 Å². The van der Waals surface area contributed by atoms with Crippen LogP contribution < -0.4 is 51.2 Å². The summed E-state index contributed by atoms with van der Waals surface area (Å²) in [4.78, 5) is 44.9. The summed E-state index contributed by atoms with van der Waals surface area (Å²) in [6.45, 7) is 20.3. The monoisotopic (exact) mass is 1190 g/mol. The van der Waals surface area contributed by atoms with Crippen LogP contribution in [0.2, 0.25) is 0 Å². The number of benzene rings is 6. The molecule has 19 nitrogen and oxygen atoms in total. The van der Waals surface area contributed by atoms with Crippen LogP contribution in [0.5, 0.6) is 11.5 Å². The molecule has 0 aliphatic carbocycles. The topological polar surface area (TPSA) is 213 Å². The number of alkyl halides is 3. The Kier molecular flexibility index (Phi) is 20.7. The van der Waals surface area contributed by atoms with Gasteiger partial charge in [-0.1, -0.05) is 80.5 Å². The zero-order chi connectivity index (χ0) is 63.3. The van der Waals surface area contributed by atoms with Gasteiger partial charge in [-0.05, 0) is 140 Å². The quantitative estimate of drug-likeness (QED) is 0.0531. The third kappa shape index (κ3) is 19.6. The van der Waals surface area contributed by atoms with Crippen molar-refractivity contribution < 1.29 is 22.6 Å². The van der Waals surface area contributed by atoms with Gasteiger partial charge >= 0.3 is 6.18 Å². The molecule has 0 saturated carbocycles. The number of rotatable bonds is 16. The van der Waals surface area contributed by atoms with Gasteiger partial charge in [-0.2, -0.15) is 58.0 Å². The van der Waals surface area contributed by atoms with E-state index in [1.807, 2.05) is 153 Å². The standard InChI is InChI=1S/C23H31N7.C21H22F3N5.C21H25N5O2/c1-23(2,3)20-26-21(24-16-8-12-18(13-9-16)29(4)5)28-22(27-20)25-17-10-14-19(15-11-17)30(6)7;1-13-7-5-9-15(11-13)25-18-27-17(20(2,3)4)28-19(29-18)26-16-10-6-8-14(12-16)21(22,23)24;1-21(2,3)18-24-19(22-14-6-10-16(27-4)11-7-14)26-20(25-18)23-15-8-12-17(28-5)13-9-15/h8-15H,1-7H3,(H2,24,25,26,27,28);5-12H,1-4H3,(H2,25,26,27,28,29);6-13H,1-5H3,(H2,22,23,24,25,26). The lowest BCUT2D eigenvalue weighted by molar-refractivity contribution is -0.137. The molecule has 0 fully saturated rings. The molecule has 22 heteroatoms. The molecule has 9 rings (SSSR count). The highest BCUT2D eigenvalue weighted by Crippen LogP contribution is 2.33. The molecule has 9 aromatic rings. The van der Waals surface area contributed by atoms with Crippen LogP contribution in [-0.4, -0.2) is 87.3 Å². The summed E-state index contributed by atoms with van der Waals surface area (Å²) < 4.78 is 49.4. The summed E-state index contributed by atoms with van der Waals surface area (Å²) in [5, 5.41) is 19.1. The summed E-state index contributed by atoms with van der Waals surface area (Å²) in [7, 11) is 11.4. The Morgan fingerprint density at radius 1 is 0.345 bits per heavy atom. The second kappa shape index (κ2) is 27.9. The van der Waals surface area contributed by atoms with Crippen molar-refractivity contribution in [2.75, 3.05) is 84.1 Å². The molecule has 0 bridgehead atoms. The van der Waals surface area contributed by atoms with Crippen LogP contribution >= 0.6 is 0 Å². The molecule has 3 aromatic heterocycles. The van der Waals surface area contributed by atoms with Gasteiger partial charge in [0.25, 0.3) is 0 Å². The van der Waals surface area contributed by atoms with Gasteiger partial charge in [0, 0.05) is 89.9 Å². The van der Waals surface area contributed by atoms with E-state index in [2.05, 4.69) is 152 Å². The van der Waals surface area contributed by atoms with Gasteiger partial charge in [0.1, 0.15) is 29.0 Å². The molecule has 456 valence electrons. The number of nitrogens with one attached hydrogen (secondary N) is 6. The minimum absolute atomic E-state index is 0.166. The SMILES string of the molecule is CN(C)c1ccc(Nc2nc(Nc3ccc(N(C)C)cc3)nc(C(C)(C)C)n2)cc1.COc1ccc(Nc2nc(Nc3ccc(OC)cc3)nc(C(C)(C)C)n2)cc1.Cc1cccc(Nc2nc(Nc3cccc(C(F)(F)F)c3)nc(C(C)(C)C)n2)c1. The minimum Gasteiger partial charge on any atom is -0.497 e. The zero-order valence-electron chi connectivity index (χ0n) is 52.2. The van der Waals surface area contributed by atoms with Gasteiger partial charge in [-0.15, -0.1) is 0 Å². The lowest BCUT2D eigenvalue weighted by Crippen LogP contribution is -2.19. The van der Waals surface area contributed by atoms with E-state index in [1.54, 1.807) is 14.2 Å². The Bertz CT molecular complexity index is 3540. The number of anilines is 14. The molecule has 0 atom stereocenters. The van der Waals surface area contributed by atoms with Gasteiger partial charge in [0.05, 0.1) is 19.8 Å². The van der Waals surface area contributed by atoms with Crippen LogP contribution in [0.1, 0.15) is 90.9 Å². The van der Waals surface area contributed by atoms with E-state index >= 15 is 0 Å². The molecule has 0 saturated heterocycles. The van der Waals surface area contributed by atoms with Gasteiger partial charge < -0.3 is 51.2 Å².